The van der Waals surface area contributed by atoms with Crippen LogP contribution >= 0.6 is 15.9 Å². The molecule has 3 N–H and O–H groups in total. The maximum Gasteiger partial charge on any atom is 0.252 e. The van der Waals surface area contributed by atoms with Crippen LogP contribution in [0.1, 0.15) is 15.9 Å². The molecule has 0 saturated carbocycles. The van der Waals surface area contributed by atoms with Crippen molar-refractivity contribution in [3.05, 3.63) is 29.3 Å². The van der Waals surface area contributed by atoms with Crippen molar-refractivity contribution in [3.63, 3.8) is 0 Å². The van der Waals surface area contributed by atoms with Crippen molar-refractivity contribution in [2.24, 2.45) is 5.73 Å². The highest BCUT2D eigenvalue weighted by Gasteiger charge is 2.11. The fourth-order valence-corrected chi connectivity index (χ4v) is 1.45. The van der Waals surface area contributed by atoms with Crippen LogP contribution < -0.4 is 5.73 Å². The first-order valence-corrected chi connectivity index (χ1v) is 4.45. The van der Waals surface area contributed by atoms with Gasteiger partial charge in [-0.15, -0.1) is 0 Å². The van der Waals surface area contributed by atoms with Crippen molar-refractivity contribution < 1.29 is 9.90 Å². The number of hydrogen-bond acceptors (Lipinski definition) is 2. The number of halogens is 1. The van der Waals surface area contributed by atoms with Crippen molar-refractivity contribution in [2.45, 2.75) is 5.33 Å². The smallest absolute Gasteiger partial charge is 0.252 e. The molecule has 0 aliphatic heterocycles. The monoisotopic (exact) mass is 229 g/mol. The Morgan fingerprint density at radius 2 is 2.25 bits per heavy atom. The van der Waals surface area contributed by atoms with Crippen LogP contribution in [0.5, 0.6) is 5.75 Å². The minimum atomic E-state index is -0.609. The zero-order chi connectivity index (χ0) is 9.14. The zero-order valence-corrected chi connectivity index (χ0v) is 7.84. The van der Waals surface area contributed by atoms with Gasteiger partial charge in [0.2, 0.25) is 0 Å². The van der Waals surface area contributed by atoms with E-state index in [-0.39, 0.29) is 11.3 Å². The van der Waals surface area contributed by atoms with Crippen molar-refractivity contribution >= 4 is 21.8 Å². The molecule has 1 aromatic carbocycles. The van der Waals surface area contributed by atoms with E-state index in [9.17, 15) is 9.90 Å². The minimum absolute atomic E-state index is 0.0700. The number of aromatic hydroxyl groups is 1. The fraction of sp³-hybridized carbons (Fsp3) is 0.125. The van der Waals surface area contributed by atoms with Gasteiger partial charge in [-0.25, -0.2) is 0 Å². The van der Waals surface area contributed by atoms with E-state index in [1.54, 1.807) is 12.1 Å². The summed E-state index contributed by atoms with van der Waals surface area (Å²) in [6.07, 6.45) is 0. The lowest BCUT2D eigenvalue weighted by Gasteiger charge is -2.04. The number of phenols is 1. The third-order valence-electron chi connectivity index (χ3n) is 1.52. The lowest BCUT2D eigenvalue weighted by Crippen LogP contribution is -2.13. The summed E-state index contributed by atoms with van der Waals surface area (Å²) >= 11 is 3.19. The number of alkyl halides is 1. The Balaban J connectivity index is 3.29. The molecular formula is C8H8BrNO2. The summed E-state index contributed by atoms with van der Waals surface area (Å²) < 4.78 is 0. The van der Waals surface area contributed by atoms with Gasteiger partial charge in [0, 0.05) is 5.33 Å². The molecule has 12 heavy (non-hydrogen) atoms. The fourth-order valence-electron chi connectivity index (χ4n) is 0.982. The summed E-state index contributed by atoms with van der Waals surface area (Å²) in [5, 5.41) is 9.77. The average molecular weight is 230 g/mol. The molecule has 64 valence electrons. The third kappa shape index (κ3) is 1.58. The molecule has 0 spiro atoms. The lowest BCUT2D eigenvalue weighted by atomic mass is 10.1. The quantitative estimate of drug-likeness (QED) is 0.754. The van der Waals surface area contributed by atoms with Gasteiger partial charge in [0.15, 0.2) is 0 Å². The zero-order valence-electron chi connectivity index (χ0n) is 6.25. The molecule has 0 bridgehead atoms. The topological polar surface area (TPSA) is 63.3 Å². The van der Waals surface area contributed by atoms with E-state index < -0.39 is 5.91 Å². The Hall–Kier alpha value is -1.03. The number of nitrogens with two attached hydrogens (primary N) is 1. The van der Waals surface area contributed by atoms with Gasteiger partial charge in [0.25, 0.3) is 5.91 Å². The van der Waals surface area contributed by atoms with E-state index in [4.69, 9.17) is 5.73 Å². The summed E-state index contributed by atoms with van der Waals surface area (Å²) in [7, 11) is 0. The van der Waals surface area contributed by atoms with Gasteiger partial charge < -0.3 is 10.8 Å². The molecule has 3 nitrogen and oxygen atoms in total. The van der Waals surface area contributed by atoms with Gasteiger partial charge in [-0.1, -0.05) is 28.1 Å². The number of hydrogen-bond donors (Lipinski definition) is 2. The molecule has 0 heterocycles. The summed E-state index contributed by atoms with van der Waals surface area (Å²) in [6, 6.07) is 4.83. The Kier molecular flexibility index (Phi) is 2.70. The SMILES string of the molecule is NC(=O)c1c(O)cccc1CBr. The van der Waals surface area contributed by atoms with Gasteiger partial charge >= 0.3 is 0 Å². The molecule has 0 saturated heterocycles. The molecule has 4 heteroatoms. The maximum absolute atomic E-state index is 10.8. The second-order valence-corrected chi connectivity index (χ2v) is 2.87. The second kappa shape index (κ2) is 3.58. The molecule has 0 aromatic heterocycles. The standard InChI is InChI=1S/C8H8BrNO2/c9-4-5-2-1-3-6(11)7(5)8(10)12/h1-3,11H,4H2,(H2,10,12). The first kappa shape index (κ1) is 9.06. The predicted octanol–water partition coefficient (Wildman–Crippen LogP) is 1.39. The van der Waals surface area contributed by atoms with Crippen LogP contribution in [0.2, 0.25) is 0 Å². The van der Waals surface area contributed by atoms with Crippen molar-refractivity contribution in [2.75, 3.05) is 0 Å². The predicted molar refractivity (Wildman–Crippen MR) is 49.3 cm³/mol. The summed E-state index contributed by atoms with van der Waals surface area (Å²) in [4.78, 5) is 10.8. The number of carbonyl (C=O) groups excluding carboxylic acids is 1. The molecule has 0 atom stereocenters. The van der Waals surface area contributed by atoms with Gasteiger partial charge in [-0.2, -0.15) is 0 Å². The number of benzene rings is 1. The normalized spacial score (nSPS) is 9.75. The molecule has 0 aliphatic carbocycles. The average Bonchev–Trinajstić information content (AvgIpc) is 2.03. The van der Waals surface area contributed by atoms with E-state index in [1.165, 1.54) is 6.07 Å². The van der Waals surface area contributed by atoms with Gasteiger partial charge in [0.05, 0.1) is 5.56 Å². The highest BCUT2D eigenvalue weighted by molar-refractivity contribution is 9.08. The highest BCUT2D eigenvalue weighted by atomic mass is 79.9. The maximum atomic E-state index is 10.8. The van der Waals surface area contributed by atoms with Gasteiger partial charge in [-0.3, -0.25) is 4.79 Å². The molecule has 1 rings (SSSR count). The largest absolute Gasteiger partial charge is 0.507 e. The van der Waals surface area contributed by atoms with Crippen molar-refractivity contribution in [3.8, 4) is 5.75 Å². The van der Waals surface area contributed by atoms with Crippen LogP contribution in [0, 0.1) is 0 Å². The number of amides is 1. The van der Waals surface area contributed by atoms with E-state index in [0.29, 0.717) is 10.9 Å². The van der Waals surface area contributed by atoms with Crippen LogP contribution in [0.15, 0.2) is 18.2 Å². The third-order valence-corrected chi connectivity index (χ3v) is 2.12. The highest BCUT2D eigenvalue weighted by Crippen LogP contribution is 2.21. The summed E-state index contributed by atoms with van der Waals surface area (Å²) in [5.74, 6) is -0.679. The van der Waals surface area contributed by atoms with Crippen molar-refractivity contribution in [1.82, 2.24) is 0 Å². The molecule has 1 amide bonds. The van der Waals surface area contributed by atoms with Gasteiger partial charge in [-0.05, 0) is 11.6 Å². The molecule has 0 unspecified atom stereocenters. The molecule has 1 aromatic rings. The van der Waals surface area contributed by atoms with E-state index in [1.807, 2.05) is 0 Å². The van der Waals surface area contributed by atoms with Crippen LogP contribution in [0.4, 0.5) is 0 Å². The molecule has 0 aliphatic rings. The van der Waals surface area contributed by atoms with E-state index in [0.717, 1.165) is 0 Å². The summed E-state index contributed by atoms with van der Waals surface area (Å²) in [6.45, 7) is 0. The Bertz CT molecular complexity index is 312. The van der Waals surface area contributed by atoms with Crippen LogP contribution in [0.3, 0.4) is 0 Å². The van der Waals surface area contributed by atoms with Crippen LogP contribution in [-0.2, 0) is 5.33 Å². The van der Waals surface area contributed by atoms with Crippen LogP contribution in [-0.4, -0.2) is 11.0 Å². The molecular weight excluding hydrogens is 222 g/mol. The van der Waals surface area contributed by atoms with Crippen molar-refractivity contribution in [1.29, 1.82) is 0 Å². The lowest BCUT2D eigenvalue weighted by molar-refractivity contribution is 0.0997. The van der Waals surface area contributed by atoms with E-state index in [2.05, 4.69) is 15.9 Å². The number of carbonyl (C=O) groups is 1. The Labute approximate surface area is 78.3 Å². The first-order valence-electron chi connectivity index (χ1n) is 3.33. The molecule has 0 fully saturated rings. The van der Waals surface area contributed by atoms with Gasteiger partial charge in [0.1, 0.15) is 5.75 Å². The first-order chi connectivity index (χ1) is 5.66. The number of rotatable bonds is 2. The second-order valence-electron chi connectivity index (χ2n) is 2.31. The van der Waals surface area contributed by atoms with E-state index >= 15 is 0 Å². The van der Waals surface area contributed by atoms with Crippen LogP contribution in [0.25, 0.3) is 0 Å². The Morgan fingerprint density at radius 3 is 2.67 bits per heavy atom. The molecule has 0 radical (unpaired) electrons. The Morgan fingerprint density at radius 1 is 1.58 bits per heavy atom. The number of primary amides is 1. The summed E-state index contributed by atoms with van der Waals surface area (Å²) in [5.41, 5.74) is 5.96. The minimum Gasteiger partial charge on any atom is -0.507 e.